The number of para-hydroxylation sites is 1. The highest BCUT2D eigenvalue weighted by atomic mass is 16.6. The molecule has 1 aliphatic rings. The number of benzene rings is 2. The van der Waals surface area contributed by atoms with Crippen molar-refractivity contribution in [1.29, 1.82) is 0 Å². The molecule has 1 aliphatic carbocycles. The molecule has 2 aromatic carbocycles. The zero-order valence-electron chi connectivity index (χ0n) is 10.9. The van der Waals surface area contributed by atoms with Crippen LogP contribution in [0.1, 0.15) is 17.0 Å². The van der Waals surface area contributed by atoms with E-state index in [-0.39, 0.29) is 11.4 Å². The van der Waals surface area contributed by atoms with E-state index in [1.807, 2.05) is 12.1 Å². The van der Waals surface area contributed by atoms with Gasteiger partial charge >= 0.3 is 5.69 Å². The van der Waals surface area contributed by atoms with Crippen LogP contribution >= 0.6 is 0 Å². The number of nitrogens with two attached hydrogens (primary N) is 1. The molecular weight excluding hydrogens is 254 g/mol. The second-order valence-corrected chi connectivity index (χ2v) is 4.98. The summed E-state index contributed by atoms with van der Waals surface area (Å²) in [5, 5.41) is 14.2. The van der Waals surface area contributed by atoms with E-state index >= 15 is 0 Å². The monoisotopic (exact) mass is 269 g/mol. The highest BCUT2D eigenvalue weighted by molar-refractivity contribution is 5.74. The van der Waals surface area contributed by atoms with Gasteiger partial charge in [0, 0.05) is 12.5 Å². The van der Waals surface area contributed by atoms with Crippen molar-refractivity contribution in [3.63, 3.8) is 0 Å². The SMILES string of the molecule is Nc1cccc(NCC2Cc3ccccc32)c1[N+](=O)[O-]. The fourth-order valence-electron chi connectivity index (χ4n) is 2.69. The summed E-state index contributed by atoms with van der Waals surface area (Å²) in [4.78, 5) is 10.6. The summed E-state index contributed by atoms with van der Waals surface area (Å²) in [7, 11) is 0. The van der Waals surface area contributed by atoms with Crippen molar-refractivity contribution in [2.24, 2.45) is 0 Å². The Morgan fingerprint density at radius 1 is 1.25 bits per heavy atom. The van der Waals surface area contributed by atoms with Gasteiger partial charge in [-0.05, 0) is 29.7 Å². The van der Waals surface area contributed by atoms with Gasteiger partial charge in [-0.1, -0.05) is 30.3 Å². The van der Waals surface area contributed by atoms with E-state index in [1.54, 1.807) is 18.2 Å². The average Bonchev–Trinajstić information content (AvgIpc) is 2.39. The van der Waals surface area contributed by atoms with Crippen molar-refractivity contribution in [2.45, 2.75) is 12.3 Å². The number of nitro groups is 1. The topological polar surface area (TPSA) is 81.2 Å². The first-order chi connectivity index (χ1) is 9.66. The maximum absolute atomic E-state index is 11.1. The molecule has 20 heavy (non-hydrogen) atoms. The molecule has 3 N–H and O–H groups in total. The number of nitro benzene ring substituents is 1. The van der Waals surface area contributed by atoms with Crippen LogP contribution in [0.15, 0.2) is 42.5 Å². The van der Waals surface area contributed by atoms with Gasteiger partial charge in [-0.15, -0.1) is 0 Å². The van der Waals surface area contributed by atoms with Crippen LogP contribution in [-0.2, 0) is 6.42 Å². The first kappa shape index (κ1) is 12.5. The predicted molar refractivity (Wildman–Crippen MR) is 78.9 cm³/mol. The number of nitrogens with one attached hydrogen (secondary N) is 1. The maximum Gasteiger partial charge on any atom is 0.314 e. The van der Waals surface area contributed by atoms with Gasteiger partial charge in [-0.2, -0.15) is 0 Å². The van der Waals surface area contributed by atoms with Crippen LogP contribution in [0.25, 0.3) is 0 Å². The summed E-state index contributed by atoms with van der Waals surface area (Å²) in [6.45, 7) is 0.682. The van der Waals surface area contributed by atoms with E-state index in [0.717, 1.165) is 6.42 Å². The molecule has 0 aliphatic heterocycles. The number of fused-ring (bicyclic) bond motifs is 1. The number of nitrogens with zero attached hydrogens (tertiary/aromatic N) is 1. The lowest BCUT2D eigenvalue weighted by atomic mass is 9.77. The van der Waals surface area contributed by atoms with Gasteiger partial charge in [0.2, 0.25) is 0 Å². The molecule has 0 radical (unpaired) electrons. The molecule has 3 rings (SSSR count). The van der Waals surface area contributed by atoms with Crippen molar-refractivity contribution >= 4 is 17.1 Å². The Kier molecular flexibility index (Phi) is 3.02. The number of rotatable bonds is 4. The number of hydrogen-bond acceptors (Lipinski definition) is 4. The van der Waals surface area contributed by atoms with E-state index in [9.17, 15) is 10.1 Å². The van der Waals surface area contributed by atoms with Crippen molar-refractivity contribution in [3.8, 4) is 0 Å². The summed E-state index contributed by atoms with van der Waals surface area (Å²) in [6, 6.07) is 13.2. The van der Waals surface area contributed by atoms with E-state index in [1.165, 1.54) is 11.1 Å². The lowest BCUT2D eigenvalue weighted by Gasteiger charge is -2.30. The third-order valence-corrected chi connectivity index (χ3v) is 3.75. The first-order valence-corrected chi connectivity index (χ1v) is 6.51. The van der Waals surface area contributed by atoms with Gasteiger partial charge in [0.1, 0.15) is 11.4 Å². The molecule has 0 spiro atoms. The molecule has 0 amide bonds. The second-order valence-electron chi connectivity index (χ2n) is 4.98. The summed E-state index contributed by atoms with van der Waals surface area (Å²) in [5.41, 5.74) is 8.99. The van der Waals surface area contributed by atoms with Crippen LogP contribution < -0.4 is 11.1 Å². The van der Waals surface area contributed by atoms with E-state index in [2.05, 4.69) is 17.4 Å². The molecule has 1 unspecified atom stereocenters. The van der Waals surface area contributed by atoms with Crippen LogP contribution in [0.5, 0.6) is 0 Å². The lowest BCUT2D eigenvalue weighted by Crippen LogP contribution is -2.24. The third-order valence-electron chi connectivity index (χ3n) is 3.75. The molecule has 0 heterocycles. The molecule has 0 fully saturated rings. The van der Waals surface area contributed by atoms with Crippen LogP contribution in [0.2, 0.25) is 0 Å². The van der Waals surface area contributed by atoms with Crippen LogP contribution in [-0.4, -0.2) is 11.5 Å². The number of hydrogen-bond donors (Lipinski definition) is 2. The second kappa shape index (κ2) is 4.85. The first-order valence-electron chi connectivity index (χ1n) is 6.51. The van der Waals surface area contributed by atoms with Gasteiger partial charge in [0.25, 0.3) is 0 Å². The van der Waals surface area contributed by atoms with Crippen LogP contribution in [0.3, 0.4) is 0 Å². The van der Waals surface area contributed by atoms with Crippen LogP contribution in [0, 0.1) is 10.1 Å². The molecule has 102 valence electrons. The fourth-order valence-corrected chi connectivity index (χ4v) is 2.69. The van der Waals surface area contributed by atoms with Crippen molar-refractivity contribution in [1.82, 2.24) is 0 Å². The largest absolute Gasteiger partial charge is 0.393 e. The zero-order chi connectivity index (χ0) is 14.1. The minimum absolute atomic E-state index is 0.0416. The van der Waals surface area contributed by atoms with Gasteiger partial charge in [0.05, 0.1) is 4.92 Å². The van der Waals surface area contributed by atoms with Gasteiger partial charge in [-0.3, -0.25) is 10.1 Å². The van der Waals surface area contributed by atoms with Crippen molar-refractivity contribution < 1.29 is 4.92 Å². The molecule has 0 bridgehead atoms. The van der Waals surface area contributed by atoms with E-state index < -0.39 is 4.92 Å². The van der Waals surface area contributed by atoms with Crippen molar-refractivity contribution in [2.75, 3.05) is 17.6 Å². The summed E-state index contributed by atoms with van der Waals surface area (Å²) in [5.74, 6) is 0.409. The smallest absolute Gasteiger partial charge is 0.314 e. The lowest BCUT2D eigenvalue weighted by molar-refractivity contribution is -0.383. The third kappa shape index (κ3) is 2.07. The normalized spacial score (nSPS) is 16.1. The Bertz CT molecular complexity index is 670. The summed E-state index contributed by atoms with van der Waals surface area (Å²) >= 11 is 0. The van der Waals surface area contributed by atoms with Gasteiger partial charge in [-0.25, -0.2) is 0 Å². The average molecular weight is 269 g/mol. The maximum atomic E-state index is 11.1. The molecular formula is C15H15N3O2. The highest BCUT2D eigenvalue weighted by Crippen LogP contribution is 2.36. The minimum atomic E-state index is -0.438. The summed E-state index contributed by atoms with van der Waals surface area (Å²) < 4.78 is 0. The fraction of sp³-hybridized carbons (Fsp3) is 0.200. The molecule has 0 saturated carbocycles. The Hall–Kier alpha value is -2.56. The summed E-state index contributed by atoms with van der Waals surface area (Å²) in [6.07, 6.45) is 1.01. The molecule has 2 aromatic rings. The molecule has 5 heteroatoms. The molecule has 0 aromatic heterocycles. The van der Waals surface area contributed by atoms with Crippen molar-refractivity contribution in [3.05, 3.63) is 63.7 Å². The highest BCUT2D eigenvalue weighted by Gasteiger charge is 2.26. The van der Waals surface area contributed by atoms with E-state index in [0.29, 0.717) is 18.2 Å². The molecule has 1 atom stereocenters. The van der Waals surface area contributed by atoms with Gasteiger partial charge in [0.15, 0.2) is 0 Å². The quantitative estimate of drug-likeness (QED) is 0.508. The number of nitrogen functional groups attached to an aromatic ring is 1. The Morgan fingerprint density at radius 3 is 2.80 bits per heavy atom. The predicted octanol–water partition coefficient (Wildman–Crippen LogP) is 2.93. The Morgan fingerprint density at radius 2 is 2.05 bits per heavy atom. The Labute approximate surface area is 116 Å². The minimum Gasteiger partial charge on any atom is -0.393 e. The zero-order valence-corrected chi connectivity index (χ0v) is 10.9. The molecule has 5 nitrogen and oxygen atoms in total. The Balaban J connectivity index is 1.75. The standard InChI is InChI=1S/C15H15N3O2/c16-13-6-3-7-14(15(13)18(19)20)17-9-11-8-10-4-1-2-5-12(10)11/h1-7,11,17H,8-9,16H2. The van der Waals surface area contributed by atoms with Gasteiger partial charge < -0.3 is 11.1 Å². The van der Waals surface area contributed by atoms with Crippen LogP contribution in [0.4, 0.5) is 17.1 Å². The van der Waals surface area contributed by atoms with E-state index in [4.69, 9.17) is 5.73 Å². The number of anilines is 2. The molecule has 0 saturated heterocycles.